The van der Waals surface area contributed by atoms with Crippen molar-refractivity contribution >= 4 is 168 Å². The van der Waals surface area contributed by atoms with Gasteiger partial charge in [-0.25, -0.2) is 0 Å². The molecule has 0 bridgehead atoms. The number of hydrogen-bond acceptors (Lipinski definition) is 1. The number of benzene rings is 9. The zero-order valence-electron chi connectivity index (χ0n) is 37.4. The molecule has 10 heteroatoms. The molecule has 0 unspecified atom stereocenters. The summed E-state index contributed by atoms with van der Waals surface area (Å²) < 4.78 is 7.71. The Hall–Kier alpha value is -6.75. The van der Waals surface area contributed by atoms with E-state index in [1.807, 2.05) is 11.3 Å². The summed E-state index contributed by atoms with van der Waals surface area (Å²) in [7, 11) is 16.3. The van der Waals surface area contributed by atoms with Crippen molar-refractivity contribution in [3.05, 3.63) is 164 Å². The predicted octanol–water partition coefficient (Wildman–Crippen LogP) is 3.06. The Morgan fingerprint density at radius 2 is 0.922 bits per heavy atom. The summed E-state index contributed by atoms with van der Waals surface area (Å²) in [6, 6.07) is 60.7. The van der Waals surface area contributed by atoms with Gasteiger partial charge < -0.3 is 9.13 Å². The number of nitrogens with zero attached hydrogens (tertiary/aromatic N) is 2. The van der Waals surface area contributed by atoms with Gasteiger partial charge in [0.25, 0.3) is 0 Å². The van der Waals surface area contributed by atoms with Crippen LogP contribution >= 0.6 is 11.3 Å². The Labute approximate surface area is 383 Å². The Morgan fingerprint density at radius 3 is 1.67 bits per heavy atom. The van der Waals surface area contributed by atoms with Crippen LogP contribution < -0.4 is 38.2 Å². The molecule has 9 aromatic carbocycles. The van der Waals surface area contributed by atoms with E-state index in [2.05, 4.69) is 228 Å². The third-order valence-electron chi connectivity index (χ3n) is 14.6. The summed E-state index contributed by atoms with van der Waals surface area (Å²) in [5.41, 5.74) is 24.3. The van der Waals surface area contributed by atoms with Crippen LogP contribution in [0.4, 0.5) is 0 Å². The second-order valence-corrected chi connectivity index (χ2v) is 18.9. The monoisotopic (exact) mass is 826 g/mol. The summed E-state index contributed by atoms with van der Waals surface area (Å²) >= 11 is 1.87. The first-order chi connectivity index (χ1) is 31.2. The Kier molecular flexibility index (Phi) is 8.91. The second-order valence-electron chi connectivity index (χ2n) is 17.9. The topological polar surface area (TPSA) is 9.86 Å². The minimum atomic E-state index is 1.18. The first-order valence-electron chi connectivity index (χ1n) is 22.4. The summed E-state index contributed by atoms with van der Waals surface area (Å²) in [5, 5.41) is 7.88. The third-order valence-corrected chi connectivity index (χ3v) is 15.8. The van der Waals surface area contributed by atoms with Gasteiger partial charge in [-0.05, 0) is 93.4 Å². The number of hydrogen-bond donors (Lipinski definition) is 0. The molecule has 12 rings (SSSR count). The minimum absolute atomic E-state index is 1.18. The van der Waals surface area contributed by atoms with Crippen molar-refractivity contribution in [1.82, 2.24) is 9.13 Å². The highest BCUT2D eigenvalue weighted by molar-refractivity contribution is 7.25. The van der Waals surface area contributed by atoms with Crippen molar-refractivity contribution < 1.29 is 0 Å². The highest BCUT2D eigenvalue weighted by atomic mass is 32.1. The van der Waals surface area contributed by atoms with E-state index in [4.69, 9.17) is 0 Å². The zero-order valence-corrected chi connectivity index (χ0v) is 38.2. The fraction of sp³-hybridized carbons (Fsp3) is 0. The molecule has 294 valence electrons. The van der Waals surface area contributed by atoms with Gasteiger partial charge in [0.15, 0.2) is 0 Å². The molecule has 12 aromatic rings. The van der Waals surface area contributed by atoms with Gasteiger partial charge in [-0.15, -0.1) is 16.8 Å². The summed E-state index contributed by atoms with van der Waals surface area (Å²) in [5.74, 6) is 0. The summed E-state index contributed by atoms with van der Waals surface area (Å²) in [6.07, 6.45) is 0. The maximum Gasteiger partial charge on any atom is 0.141 e. The zero-order chi connectivity index (χ0) is 43.5. The first-order valence-corrected chi connectivity index (χ1v) is 23.3. The van der Waals surface area contributed by atoms with E-state index in [9.17, 15) is 0 Å². The summed E-state index contributed by atoms with van der Waals surface area (Å²) in [6.45, 7) is 0. The highest BCUT2D eigenvalue weighted by Crippen LogP contribution is 2.42. The average molecular weight is 826 g/mol. The van der Waals surface area contributed by atoms with E-state index in [1.54, 1.807) is 0 Å². The molecule has 3 heterocycles. The number of fused-ring (bicyclic) bond motifs is 9. The average Bonchev–Trinajstić information content (AvgIpc) is 4.01. The van der Waals surface area contributed by atoms with Gasteiger partial charge in [-0.1, -0.05) is 142 Å². The molecule has 0 N–H and O–H groups in total. The molecular formula is C54H41B7N2S. The molecule has 0 saturated carbocycles. The van der Waals surface area contributed by atoms with E-state index in [0.29, 0.717) is 0 Å². The fourth-order valence-corrected chi connectivity index (χ4v) is 12.1. The lowest BCUT2D eigenvalue weighted by Gasteiger charge is -2.19. The number of thiophene rings is 1. The second kappa shape index (κ2) is 14.7. The van der Waals surface area contributed by atoms with Gasteiger partial charge in [0.1, 0.15) is 54.9 Å². The maximum absolute atomic E-state index is 2.57. The molecule has 2 nitrogen and oxygen atoms in total. The van der Waals surface area contributed by atoms with Crippen LogP contribution in [0.1, 0.15) is 0 Å². The number of rotatable bonds is 5. The SMILES string of the molecule is Bc1c(B)c(B)c2c(c1B)c1c(B)c(-c3ccc4c(c3)c3c(-c5ccccc5)cccc3n4-c3ccc4sc5ccccc5c4c3)c(B)c(B)c1n2-c1ccc(-c2ccccc2)cc1. The highest BCUT2D eigenvalue weighted by Gasteiger charge is 2.26. The standard InChI is InChI=1S/C54H41B7N2S/c55-46-42(47(56)51(60)53-44(46)45-48(57)49(58)50(59)52(61)54(45)63(53)32-21-18-29(19-22-32)28-10-3-1-4-11-28)31-20-24-38-37(26-31)43-34(30-12-5-2-6-13-30)15-9-16-39(43)62(38)33-23-25-41-36(27-33)35-14-7-8-17-40(35)64-41/h1-27H,55-61H2. The van der Waals surface area contributed by atoms with Gasteiger partial charge in [0.2, 0.25) is 0 Å². The van der Waals surface area contributed by atoms with Gasteiger partial charge >= 0.3 is 0 Å². The Balaban J connectivity index is 1.14. The molecule has 0 radical (unpaired) electrons. The minimum Gasteiger partial charge on any atom is -0.310 e. The van der Waals surface area contributed by atoms with Crippen molar-refractivity contribution in [1.29, 1.82) is 0 Å². The van der Waals surface area contributed by atoms with Gasteiger partial charge in [0, 0.05) is 58.7 Å². The predicted molar refractivity (Wildman–Crippen MR) is 302 cm³/mol. The lowest BCUT2D eigenvalue weighted by molar-refractivity contribution is 1.19. The first kappa shape index (κ1) is 38.9. The lowest BCUT2D eigenvalue weighted by atomic mass is 9.64. The van der Waals surface area contributed by atoms with Gasteiger partial charge in [-0.3, -0.25) is 0 Å². The van der Waals surface area contributed by atoms with E-state index in [-0.39, 0.29) is 0 Å². The quantitative estimate of drug-likeness (QED) is 0.237. The third kappa shape index (κ3) is 5.61. The molecule has 3 aromatic heterocycles. The van der Waals surface area contributed by atoms with Crippen molar-refractivity contribution in [2.75, 3.05) is 0 Å². The number of aromatic nitrogens is 2. The molecule has 0 aliphatic heterocycles. The van der Waals surface area contributed by atoms with E-state index in [1.165, 1.54) is 147 Å². The van der Waals surface area contributed by atoms with Crippen LogP contribution in [0.25, 0.3) is 109 Å². The van der Waals surface area contributed by atoms with Crippen LogP contribution in [-0.4, -0.2) is 64.1 Å². The van der Waals surface area contributed by atoms with Crippen LogP contribution in [0.3, 0.4) is 0 Å². The Bertz CT molecular complexity index is 3910. The molecule has 0 aliphatic carbocycles. The van der Waals surface area contributed by atoms with E-state index in [0.717, 1.165) is 0 Å². The largest absolute Gasteiger partial charge is 0.310 e. The van der Waals surface area contributed by atoms with Crippen molar-refractivity contribution in [2.24, 2.45) is 0 Å². The van der Waals surface area contributed by atoms with Crippen molar-refractivity contribution in [3.63, 3.8) is 0 Å². The molecule has 0 fully saturated rings. The van der Waals surface area contributed by atoms with Crippen LogP contribution in [0.5, 0.6) is 0 Å². The molecular weight excluding hydrogens is 784 g/mol. The normalized spacial score (nSPS) is 11.9. The molecule has 0 saturated heterocycles. The fourth-order valence-electron chi connectivity index (χ4n) is 11.1. The van der Waals surface area contributed by atoms with Crippen LogP contribution in [0.2, 0.25) is 0 Å². The van der Waals surface area contributed by atoms with Crippen LogP contribution in [0, 0.1) is 0 Å². The van der Waals surface area contributed by atoms with Crippen molar-refractivity contribution in [2.45, 2.75) is 0 Å². The van der Waals surface area contributed by atoms with Crippen LogP contribution in [-0.2, 0) is 0 Å². The van der Waals surface area contributed by atoms with Crippen LogP contribution in [0.15, 0.2) is 164 Å². The maximum atomic E-state index is 2.57. The summed E-state index contributed by atoms with van der Waals surface area (Å²) in [4.78, 5) is 0. The molecule has 0 aliphatic rings. The van der Waals surface area contributed by atoms with Gasteiger partial charge in [0.05, 0.1) is 11.0 Å². The Morgan fingerprint density at radius 1 is 0.328 bits per heavy atom. The van der Waals surface area contributed by atoms with Gasteiger partial charge in [-0.2, -0.15) is 0 Å². The molecule has 64 heavy (non-hydrogen) atoms. The van der Waals surface area contributed by atoms with E-state index >= 15 is 0 Å². The van der Waals surface area contributed by atoms with Crippen molar-refractivity contribution in [3.8, 4) is 44.8 Å². The molecule has 0 atom stereocenters. The molecule has 0 spiro atoms. The smallest absolute Gasteiger partial charge is 0.141 e. The van der Waals surface area contributed by atoms with E-state index < -0.39 is 0 Å². The lowest BCUT2D eigenvalue weighted by Crippen LogP contribution is -2.48. The molecule has 0 amide bonds.